The van der Waals surface area contributed by atoms with Crippen LogP contribution in [-0.4, -0.2) is 39.9 Å². The maximum absolute atomic E-state index is 11.9. The summed E-state index contributed by atoms with van der Waals surface area (Å²) in [5.41, 5.74) is 0.158. The van der Waals surface area contributed by atoms with Crippen LogP contribution in [0.4, 0.5) is 0 Å². The Kier molecular flexibility index (Phi) is 3.71. The monoisotopic (exact) mass is 250 g/mol. The van der Waals surface area contributed by atoms with Crippen molar-refractivity contribution in [3.8, 4) is 0 Å². The zero-order valence-electron chi connectivity index (χ0n) is 11.4. The minimum atomic E-state index is 0.158. The van der Waals surface area contributed by atoms with E-state index >= 15 is 0 Å². The van der Waals surface area contributed by atoms with Gasteiger partial charge in [0.2, 0.25) is 5.91 Å². The molecule has 1 aromatic heterocycles. The second-order valence-corrected chi connectivity index (χ2v) is 6.15. The molecule has 1 fully saturated rings. The van der Waals surface area contributed by atoms with Gasteiger partial charge in [0.1, 0.15) is 5.82 Å². The lowest BCUT2D eigenvalue weighted by atomic mass is 9.96. The summed E-state index contributed by atoms with van der Waals surface area (Å²) >= 11 is 0. The Labute approximate surface area is 108 Å². The molecule has 1 unspecified atom stereocenters. The van der Waals surface area contributed by atoms with Crippen molar-refractivity contribution in [3.05, 3.63) is 18.2 Å². The molecule has 1 aliphatic heterocycles. The van der Waals surface area contributed by atoms with E-state index < -0.39 is 0 Å². The molecule has 0 spiro atoms. The number of nitrogens with one attached hydrogen (secondary N) is 2. The van der Waals surface area contributed by atoms with Gasteiger partial charge in [-0.15, -0.1) is 0 Å². The first kappa shape index (κ1) is 13.1. The molecule has 0 bridgehead atoms. The first-order valence-electron chi connectivity index (χ1n) is 6.43. The fourth-order valence-corrected chi connectivity index (χ4v) is 2.27. The number of aromatic amines is 1. The number of carbonyl (C=O) groups excluding carboxylic acids is 1. The molecule has 1 amide bonds. The Hall–Kier alpha value is -1.36. The van der Waals surface area contributed by atoms with E-state index in [1.807, 2.05) is 11.1 Å². The first-order valence-corrected chi connectivity index (χ1v) is 6.43. The van der Waals surface area contributed by atoms with Gasteiger partial charge in [0.25, 0.3) is 0 Å². The molecule has 0 aliphatic carbocycles. The van der Waals surface area contributed by atoms with Gasteiger partial charge in [-0.2, -0.15) is 0 Å². The summed E-state index contributed by atoms with van der Waals surface area (Å²) in [5.74, 6) is 1.17. The molecule has 2 N–H and O–H groups in total. The lowest BCUT2D eigenvalue weighted by Gasteiger charge is -2.26. The van der Waals surface area contributed by atoms with Crippen molar-refractivity contribution in [3.63, 3.8) is 0 Å². The van der Waals surface area contributed by atoms with Gasteiger partial charge in [0, 0.05) is 37.9 Å². The quantitative estimate of drug-likeness (QED) is 0.842. The average molecular weight is 250 g/mol. The van der Waals surface area contributed by atoms with E-state index in [9.17, 15) is 4.79 Å². The lowest BCUT2D eigenvalue weighted by molar-refractivity contribution is -0.128. The molecule has 18 heavy (non-hydrogen) atoms. The van der Waals surface area contributed by atoms with E-state index in [0.29, 0.717) is 13.0 Å². The Balaban J connectivity index is 1.81. The van der Waals surface area contributed by atoms with Crippen molar-refractivity contribution < 1.29 is 4.79 Å². The van der Waals surface area contributed by atoms with E-state index in [1.54, 1.807) is 6.20 Å². The van der Waals surface area contributed by atoms with E-state index in [2.05, 4.69) is 36.1 Å². The highest BCUT2D eigenvalue weighted by atomic mass is 16.2. The highest BCUT2D eigenvalue weighted by Crippen LogP contribution is 2.20. The molecule has 1 atom stereocenters. The molecule has 100 valence electrons. The third-order valence-electron chi connectivity index (χ3n) is 2.99. The number of nitrogens with zero attached hydrogens (tertiary/aromatic N) is 2. The van der Waals surface area contributed by atoms with Gasteiger partial charge < -0.3 is 15.2 Å². The predicted octanol–water partition coefficient (Wildman–Crippen LogP) is 1.15. The minimum absolute atomic E-state index is 0.158. The summed E-state index contributed by atoms with van der Waals surface area (Å²) < 4.78 is 0. The molecular weight excluding hydrogens is 228 g/mol. The summed E-state index contributed by atoms with van der Waals surface area (Å²) in [6.07, 6.45) is 4.14. The smallest absolute Gasteiger partial charge is 0.224 e. The van der Waals surface area contributed by atoms with E-state index in [-0.39, 0.29) is 17.4 Å². The number of hydrogen-bond acceptors (Lipinski definition) is 3. The van der Waals surface area contributed by atoms with Gasteiger partial charge in [-0.3, -0.25) is 4.79 Å². The van der Waals surface area contributed by atoms with Gasteiger partial charge in [-0.25, -0.2) is 4.98 Å². The van der Waals surface area contributed by atoms with Crippen LogP contribution < -0.4 is 5.32 Å². The van der Waals surface area contributed by atoms with Gasteiger partial charge in [0.15, 0.2) is 0 Å². The van der Waals surface area contributed by atoms with Crippen molar-refractivity contribution in [1.82, 2.24) is 20.2 Å². The molecule has 0 aromatic carbocycles. The Morgan fingerprint density at radius 2 is 2.33 bits per heavy atom. The zero-order valence-corrected chi connectivity index (χ0v) is 11.4. The van der Waals surface area contributed by atoms with Crippen LogP contribution in [0.5, 0.6) is 0 Å². The van der Waals surface area contributed by atoms with Crippen LogP contribution in [0.2, 0.25) is 0 Å². The topological polar surface area (TPSA) is 61.0 Å². The molecule has 5 heteroatoms. The van der Waals surface area contributed by atoms with Crippen LogP contribution in [0, 0.1) is 5.41 Å². The van der Waals surface area contributed by atoms with E-state index in [1.165, 1.54) is 0 Å². The van der Waals surface area contributed by atoms with Crippen LogP contribution in [0.15, 0.2) is 12.4 Å². The van der Waals surface area contributed by atoms with E-state index in [4.69, 9.17) is 0 Å². The summed E-state index contributed by atoms with van der Waals surface area (Å²) in [5, 5.41) is 3.37. The van der Waals surface area contributed by atoms with Gasteiger partial charge in [0.05, 0.1) is 6.54 Å². The van der Waals surface area contributed by atoms with Crippen molar-refractivity contribution >= 4 is 5.91 Å². The van der Waals surface area contributed by atoms with Crippen LogP contribution >= 0.6 is 0 Å². The number of hydrogen-bond donors (Lipinski definition) is 2. The van der Waals surface area contributed by atoms with Crippen molar-refractivity contribution in [1.29, 1.82) is 0 Å². The largest absolute Gasteiger partial charge is 0.348 e. The van der Waals surface area contributed by atoms with E-state index in [0.717, 1.165) is 18.9 Å². The fraction of sp³-hybridized carbons (Fsp3) is 0.692. The molecule has 5 nitrogen and oxygen atoms in total. The number of amides is 1. The Morgan fingerprint density at radius 1 is 1.56 bits per heavy atom. The molecule has 0 radical (unpaired) electrons. The molecule has 0 saturated carbocycles. The van der Waals surface area contributed by atoms with Crippen LogP contribution in [0.3, 0.4) is 0 Å². The third-order valence-corrected chi connectivity index (χ3v) is 2.99. The molecule has 1 aliphatic rings. The third kappa shape index (κ3) is 3.57. The average Bonchev–Trinajstić information content (AvgIpc) is 2.84. The van der Waals surface area contributed by atoms with Crippen LogP contribution in [0.25, 0.3) is 0 Å². The lowest BCUT2D eigenvalue weighted by Crippen LogP contribution is -2.36. The number of carbonyl (C=O) groups is 1. The maximum atomic E-state index is 11.9. The highest BCUT2D eigenvalue weighted by Gasteiger charge is 2.31. The van der Waals surface area contributed by atoms with Gasteiger partial charge in [-0.05, 0) is 5.41 Å². The van der Waals surface area contributed by atoms with Gasteiger partial charge >= 0.3 is 0 Å². The van der Waals surface area contributed by atoms with Crippen molar-refractivity contribution in [2.24, 2.45) is 5.41 Å². The molecule has 2 heterocycles. The summed E-state index contributed by atoms with van der Waals surface area (Å²) in [4.78, 5) is 21.1. The summed E-state index contributed by atoms with van der Waals surface area (Å²) in [6.45, 7) is 8.79. The molecule has 2 rings (SSSR count). The SMILES string of the molecule is CC(C)(C)CN1CC(NCc2ncc[nH]2)CC1=O. The second kappa shape index (κ2) is 5.10. The fourth-order valence-electron chi connectivity index (χ4n) is 2.27. The second-order valence-electron chi connectivity index (χ2n) is 6.15. The van der Waals surface area contributed by atoms with Crippen molar-refractivity contribution in [2.75, 3.05) is 13.1 Å². The number of H-pyrrole nitrogens is 1. The number of aromatic nitrogens is 2. The van der Waals surface area contributed by atoms with Gasteiger partial charge in [-0.1, -0.05) is 20.8 Å². The first-order chi connectivity index (χ1) is 8.44. The summed E-state index contributed by atoms with van der Waals surface area (Å²) in [6, 6.07) is 0.241. The minimum Gasteiger partial charge on any atom is -0.348 e. The summed E-state index contributed by atoms with van der Waals surface area (Å²) in [7, 11) is 0. The maximum Gasteiger partial charge on any atom is 0.224 e. The molecule has 1 saturated heterocycles. The zero-order chi connectivity index (χ0) is 13.2. The number of rotatable bonds is 4. The van der Waals surface area contributed by atoms with Crippen LogP contribution in [0.1, 0.15) is 33.0 Å². The standard InChI is InChI=1S/C13H22N4O/c1-13(2,3)9-17-8-10(6-12(17)18)16-7-11-14-4-5-15-11/h4-5,10,16H,6-9H2,1-3H3,(H,14,15). The highest BCUT2D eigenvalue weighted by molar-refractivity contribution is 5.79. The number of likely N-dealkylation sites (tertiary alicyclic amines) is 1. The van der Waals surface area contributed by atoms with Crippen LogP contribution in [-0.2, 0) is 11.3 Å². The normalized spacial score (nSPS) is 20.7. The molecule has 1 aromatic rings. The van der Waals surface area contributed by atoms with Crippen molar-refractivity contribution in [2.45, 2.75) is 39.8 Å². The Bertz CT molecular complexity index is 394. The Morgan fingerprint density at radius 3 is 2.94 bits per heavy atom. The molecular formula is C13H22N4O. The number of imidazole rings is 1. The predicted molar refractivity (Wildman–Crippen MR) is 69.9 cm³/mol.